The second kappa shape index (κ2) is 8.64. The van der Waals surface area contributed by atoms with Gasteiger partial charge in [0.15, 0.2) is 11.0 Å². The van der Waals surface area contributed by atoms with Crippen molar-refractivity contribution < 1.29 is 4.79 Å². The van der Waals surface area contributed by atoms with Crippen molar-refractivity contribution >= 4 is 23.4 Å². The number of hydrogen-bond acceptors (Lipinski definition) is 5. The van der Waals surface area contributed by atoms with Crippen LogP contribution in [0.15, 0.2) is 66.6 Å². The first-order valence-corrected chi connectivity index (χ1v) is 9.45. The van der Waals surface area contributed by atoms with Crippen molar-refractivity contribution in [3.05, 3.63) is 67.0 Å². The lowest BCUT2D eigenvalue weighted by Gasteiger charge is -2.14. The van der Waals surface area contributed by atoms with Gasteiger partial charge in [-0.15, -0.1) is 16.8 Å². The number of nitrogens with zero attached hydrogens (tertiary/aromatic N) is 4. The minimum absolute atomic E-state index is 0.0784. The van der Waals surface area contributed by atoms with E-state index in [1.807, 2.05) is 54.8 Å². The van der Waals surface area contributed by atoms with Crippen molar-refractivity contribution in [1.29, 1.82) is 0 Å². The number of rotatable bonds is 7. The van der Waals surface area contributed by atoms with Gasteiger partial charge in [-0.3, -0.25) is 14.3 Å². The van der Waals surface area contributed by atoms with Gasteiger partial charge >= 0.3 is 0 Å². The Morgan fingerprint density at radius 3 is 2.81 bits per heavy atom. The van der Waals surface area contributed by atoms with Gasteiger partial charge in [0.2, 0.25) is 5.91 Å². The van der Waals surface area contributed by atoms with E-state index < -0.39 is 0 Å². The normalized spacial score (nSPS) is 11.8. The fourth-order valence-electron chi connectivity index (χ4n) is 2.54. The third-order valence-corrected chi connectivity index (χ3v) is 5.08. The topological polar surface area (TPSA) is 72.7 Å². The predicted octanol–water partition coefficient (Wildman–Crippen LogP) is 3.95. The van der Waals surface area contributed by atoms with Crippen molar-refractivity contribution in [1.82, 2.24) is 19.7 Å². The second-order valence-corrected chi connectivity index (χ2v) is 7.32. The number of carbonyl (C=O) groups excluding carboxylic acids is 1. The summed E-state index contributed by atoms with van der Waals surface area (Å²) in [6, 6.07) is 11.5. The minimum Gasteiger partial charge on any atom is -0.325 e. The lowest BCUT2D eigenvalue weighted by molar-refractivity contribution is -0.115. The van der Waals surface area contributed by atoms with Gasteiger partial charge in [0.1, 0.15) is 0 Å². The summed E-state index contributed by atoms with van der Waals surface area (Å²) in [5.74, 6) is 0.627. The van der Waals surface area contributed by atoms with E-state index in [0.717, 1.165) is 16.8 Å². The molecule has 3 rings (SSSR count). The van der Waals surface area contributed by atoms with Crippen LogP contribution in [0.1, 0.15) is 12.5 Å². The van der Waals surface area contributed by atoms with Crippen LogP contribution in [-0.2, 0) is 11.3 Å². The van der Waals surface area contributed by atoms with E-state index in [0.29, 0.717) is 17.5 Å². The second-order valence-electron chi connectivity index (χ2n) is 6.01. The fraction of sp³-hybridized carbons (Fsp3) is 0.200. The van der Waals surface area contributed by atoms with Crippen molar-refractivity contribution in [2.45, 2.75) is 30.8 Å². The molecule has 1 aromatic carbocycles. The monoisotopic (exact) mass is 379 g/mol. The lowest BCUT2D eigenvalue weighted by Crippen LogP contribution is -2.23. The van der Waals surface area contributed by atoms with Crippen molar-refractivity contribution in [2.24, 2.45) is 0 Å². The molecule has 0 aliphatic carbocycles. The SMILES string of the molecule is C=CCn1c(SC(C)C(=O)Nc2ccccc2C)nnc1-c1cccnc1. The molecular formula is C20H21N5OS. The van der Waals surface area contributed by atoms with Crippen LogP contribution in [0.4, 0.5) is 5.69 Å². The summed E-state index contributed by atoms with van der Waals surface area (Å²) in [4.78, 5) is 16.7. The third kappa shape index (κ3) is 4.43. The van der Waals surface area contributed by atoms with Gasteiger partial charge in [-0.1, -0.05) is 36.0 Å². The van der Waals surface area contributed by atoms with Crippen molar-refractivity contribution in [2.75, 3.05) is 5.32 Å². The van der Waals surface area contributed by atoms with Gasteiger partial charge in [0, 0.05) is 30.2 Å². The van der Waals surface area contributed by atoms with E-state index in [2.05, 4.69) is 27.1 Å². The molecule has 0 aliphatic heterocycles. The average Bonchev–Trinajstić information content (AvgIpc) is 3.07. The van der Waals surface area contributed by atoms with E-state index >= 15 is 0 Å². The Kier molecular flexibility index (Phi) is 6.03. The molecule has 138 valence electrons. The number of benzene rings is 1. The smallest absolute Gasteiger partial charge is 0.237 e. The maximum atomic E-state index is 12.6. The number of allylic oxidation sites excluding steroid dienone is 1. The van der Waals surface area contributed by atoms with E-state index in [4.69, 9.17) is 0 Å². The molecule has 0 spiro atoms. The Hall–Kier alpha value is -2.93. The van der Waals surface area contributed by atoms with Crippen molar-refractivity contribution in [3.63, 3.8) is 0 Å². The third-order valence-electron chi connectivity index (χ3n) is 4.00. The number of anilines is 1. The van der Waals surface area contributed by atoms with Crippen LogP contribution in [0.5, 0.6) is 0 Å². The van der Waals surface area contributed by atoms with Gasteiger partial charge in [0.05, 0.1) is 5.25 Å². The highest BCUT2D eigenvalue weighted by atomic mass is 32.2. The molecule has 0 bridgehead atoms. The molecule has 0 saturated heterocycles. The van der Waals surface area contributed by atoms with E-state index in [1.165, 1.54) is 11.8 Å². The number of carbonyl (C=O) groups is 1. The molecule has 0 fully saturated rings. The highest BCUT2D eigenvalue weighted by Gasteiger charge is 2.21. The van der Waals surface area contributed by atoms with Crippen LogP contribution in [0.25, 0.3) is 11.4 Å². The summed E-state index contributed by atoms with van der Waals surface area (Å²) < 4.78 is 1.94. The van der Waals surface area contributed by atoms with E-state index in [-0.39, 0.29) is 11.2 Å². The zero-order chi connectivity index (χ0) is 19.2. The van der Waals surface area contributed by atoms with Gasteiger partial charge < -0.3 is 5.32 Å². The van der Waals surface area contributed by atoms with Crippen molar-refractivity contribution in [3.8, 4) is 11.4 Å². The summed E-state index contributed by atoms with van der Waals surface area (Å²) in [6.45, 7) is 8.18. The van der Waals surface area contributed by atoms with E-state index in [1.54, 1.807) is 18.5 Å². The summed E-state index contributed by atoms with van der Waals surface area (Å²) in [6.07, 6.45) is 5.24. The highest BCUT2D eigenvalue weighted by Crippen LogP contribution is 2.27. The Balaban J connectivity index is 1.78. The van der Waals surface area contributed by atoms with Crippen LogP contribution >= 0.6 is 11.8 Å². The molecular weight excluding hydrogens is 358 g/mol. The van der Waals surface area contributed by atoms with Crippen LogP contribution in [0, 0.1) is 6.92 Å². The maximum Gasteiger partial charge on any atom is 0.237 e. The van der Waals surface area contributed by atoms with Gasteiger partial charge in [-0.2, -0.15) is 0 Å². The summed E-state index contributed by atoms with van der Waals surface area (Å²) in [7, 11) is 0. The molecule has 0 radical (unpaired) electrons. The standard InChI is InChI=1S/C20H21N5OS/c1-4-12-25-18(16-9-7-11-21-13-16)23-24-20(25)27-15(3)19(26)22-17-10-6-5-8-14(17)2/h4-11,13,15H,1,12H2,2-3H3,(H,22,26). The number of pyridine rings is 1. The number of amides is 1. The molecule has 6 nitrogen and oxygen atoms in total. The molecule has 2 heterocycles. The van der Waals surface area contributed by atoms with Crippen LogP contribution < -0.4 is 5.32 Å². The van der Waals surface area contributed by atoms with Gasteiger partial charge in [-0.05, 0) is 37.6 Å². The largest absolute Gasteiger partial charge is 0.325 e. The highest BCUT2D eigenvalue weighted by molar-refractivity contribution is 8.00. The molecule has 3 aromatic rings. The average molecular weight is 379 g/mol. The quantitative estimate of drug-likeness (QED) is 0.497. The van der Waals surface area contributed by atoms with Gasteiger partial charge in [-0.25, -0.2) is 0 Å². The van der Waals surface area contributed by atoms with E-state index in [9.17, 15) is 4.79 Å². The fourth-order valence-corrected chi connectivity index (χ4v) is 3.40. The molecule has 0 saturated carbocycles. The van der Waals surface area contributed by atoms with Gasteiger partial charge in [0.25, 0.3) is 0 Å². The Morgan fingerprint density at radius 2 is 2.11 bits per heavy atom. The first-order chi connectivity index (χ1) is 13.1. The molecule has 2 aromatic heterocycles. The predicted molar refractivity (Wildman–Crippen MR) is 109 cm³/mol. The molecule has 27 heavy (non-hydrogen) atoms. The first kappa shape index (κ1) is 18.8. The molecule has 1 unspecified atom stereocenters. The molecule has 7 heteroatoms. The molecule has 1 atom stereocenters. The number of para-hydroxylation sites is 1. The number of thioether (sulfide) groups is 1. The maximum absolute atomic E-state index is 12.6. The minimum atomic E-state index is -0.334. The summed E-state index contributed by atoms with van der Waals surface area (Å²) in [5.41, 5.74) is 2.71. The lowest BCUT2D eigenvalue weighted by atomic mass is 10.2. The molecule has 1 N–H and O–H groups in total. The van der Waals surface area contributed by atoms with Crippen LogP contribution in [0.2, 0.25) is 0 Å². The number of aromatic nitrogens is 4. The van der Waals surface area contributed by atoms with Crippen LogP contribution in [0.3, 0.4) is 0 Å². The molecule has 1 amide bonds. The zero-order valence-electron chi connectivity index (χ0n) is 15.3. The summed E-state index contributed by atoms with van der Waals surface area (Å²) >= 11 is 1.37. The Bertz CT molecular complexity index is 939. The van der Waals surface area contributed by atoms with Crippen LogP contribution in [-0.4, -0.2) is 30.9 Å². The Morgan fingerprint density at radius 1 is 1.30 bits per heavy atom. The summed E-state index contributed by atoms with van der Waals surface area (Å²) in [5, 5.41) is 11.9. The first-order valence-electron chi connectivity index (χ1n) is 8.57. The molecule has 0 aliphatic rings. The number of aryl methyl sites for hydroxylation is 1. The number of hydrogen-bond donors (Lipinski definition) is 1. The Labute approximate surface area is 162 Å². The zero-order valence-corrected chi connectivity index (χ0v) is 16.1. The number of nitrogens with one attached hydrogen (secondary N) is 1.